The van der Waals surface area contributed by atoms with E-state index in [4.69, 9.17) is 34.8 Å². The summed E-state index contributed by atoms with van der Waals surface area (Å²) in [4.78, 5) is 28.1. The molecule has 0 saturated heterocycles. The molecule has 1 aliphatic rings. The fraction of sp³-hybridized carbons (Fsp3) is 0.440. The van der Waals surface area contributed by atoms with Crippen LogP contribution in [0, 0.1) is 6.92 Å². The van der Waals surface area contributed by atoms with Gasteiger partial charge in [-0.05, 0) is 62.1 Å². The van der Waals surface area contributed by atoms with Crippen LogP contribution in [0.15, 0.2) is 36.4 Å². The molecule has 2 aromatic rings. The highest BCUT2D eigenvalue weighted by Crippen LogP contribution is 2.28. The summed E-state index contributed by atoms with van der Waals surface area (Å²) in [5.41, 5.74) is 1.52. The van der Waals surface area contributed by atoms with Crippen molar-refractivity contribution in [1.29, 1.82) is 0 Å². The monoisotopic (exact) mass is 573 g/mol. The van der Waals surface area contributed by atoms with Crippen LogP contribution in [-0.2, 0) is 26.2 Å². The predicted molar refractivity (Wildman–Crippen MR) is 145 cm³/mol. The third-order valence-corrected chi connectivity index (χ3v) is 8.29. The third-order valence-electron chi connectivity index (χ3n) is 6.34. The summed E-state index contributed by atoms with van der Waals surface area (Å²) < 4.78 is 26.5. The van der Waals surface area contributed by atoms with Gasteiger partial charge in [-0.3, -0.25) is 13.9 Å². The molecule has 1 atom stereocenters. The molecule has 0 bridgehead atoms. The summed E-state index contributed by atoms with van der Waals surface area (Å²) in [5.74, 6) is -0.856. The van der Waals surface area contributed by atoms with Crippen molar-refractivity contribution < 1.29 is 18.0 Å². The number of amides is 2. The van der Waals surface area contributed by atoms with Gasteiger partial charge < -0.3 is 10.2 Å². The molecule has 11 heteroatoms. The van der Waals surface area contributed by atoms with Gasteiger partial charge in [-0.25, -0.2) is 8.42 Å². The molecule has 2 aromatic carbocycles. The Morgan fingerprint density at radius 3 is 2.28 bits per heavy atom. The minimum Gasteiger partial charge on any atom is -0.352 e. The highest BCUT2D eigenvalue weighted by Gasteiger charge is 2.32. The first-order valence-corrected chi connectivity index (χ1v) is 14.6. The van der Waals surface area contributed by atoms with E-state index in [0.717, 1.165) is 36.2 Å². The second-order valence-corrected chi connectivity index (χ2v) is 12.3. The molecule has 0 aromatic heterocycles. The van der Waals surface area contributed by atoms with Crippen molar-refractivity contribution in [3.05, 3.63) is 62.6 Å². The Labute approximate surface area is 227 Å². The van der Waals surface area contributed by atoms with E-state index < -0.39 is 28.5 Å². The summed E-state index contributed by atoms with van der Waals surface area (Å²) in [6, 6.07) is 8.92. The molecular weight excluding hydrogens is 545 g/mol. The van der Waals surface area contributed by atoms with Crippen LogP contribution in [0.1, 0.15) is 43.7 Å². The Morgan fingerprint density at radius 1 is 1.06 bits per heavy atom. The number of aryl methyl sites for hydroxylation is 1. The van der Waals surface area contributed by atoms with Gasteiger partial charge in [-0.1, -0.05) is 59.8 Å². The lowest BCUT2D eigenvalue weighted by atomic mass is 10.1. The average Bonchev–Trinajstić information content (AvgIpc) is 3.30. The Morgan fingerprint density at radius 2 is 1.67 bits per heavy atom. The summed E-state index contributed by atoms with van der Waals surface area (Å²) in [5, 5.41) is 4.14. The fourth-order valence-corrected chi connectivity index (χ4v) is 5.79. The standard InChI is InChI=1S/C25H30Cl3N3O4S/c1-16-8-10-20(27)13-23(16)31(36(3,34)35)15-24(32)30(14-18-9-11-19(26)12-22(18)28)17(2)25(33)29-21-6-4-5-7-21/h8-13,17,21H,4-7,14-15H2,1-3H3,(H,29,33). The number of rotatable bonds is 9. The van der Waals surface area contributed by atoms with Gasteiger partial charge in [0.25, 0.3) is 0 Å². The second-order valence-electron chi connectivity index (χ2n) is 9.12. The van der Waals surface area contributed by atoms with Crippen molar-refractivity contribution in [2.45, 2.75) is 58.2 Å². The van der Waals surface area contributed by atoms with Crippen LogP contribution in [-0.4, -0.2) is 50.0 Å². The first-order valence-electron chi connectivity index (χ1n) is 11.6. The molecule has 0 spiro atoms. The van der Waals surface area contributed by atoms with E-state index in [2.05, 4.69) is 5.32 Å². The number of nitrogens with zero attached hydrogens (tertiary/aromatic N) is 2. The Bertz CT molecular complexity index is 1230. The number of anilines is 1. The van der Waals surface area contributed by atoms with Gasteiger partial charge in [0, 0.05) is 27.7 Å². The zero-order chi connectivity index (χ0) is 26.6. The van der Waals surface area contributed by atoms with Gasteiger partial charge in [0.05, 0.1) is 11.9 Å². The molecule has 1 unspecified atom stereocenters. The topological polar surface area (TPSA) is 86.8 Å². The number of sulfonamides is 1. The average molecular weight is 575 g/mol. The molecule has 196 valence electrons. The lowest BCUT2D eigenvalue weighted by Crippen LogP contribution is -2.52. The van der Waals surface area contributed by atoms with Crippen molar-refractivity contribution in [2.24, 2.45) is 0 Å². The largest absolute Gasteiger partial charge is 0.352 e. The first kappa shape index (κ1) is 28.6. The number of hydrogen-bond acceptors (Lipinski definition) is 4. The quantitative estimate of drug-likeness (QED) is 0.446. The maximum Gasteiger partial charge on any atom is 0.244 e. The molecule has 1 saturated carbocycles. The second kappa shape index (κ2) is 12.0. The van der Waals surface area contributed by atoms with Crippen molar-refractivity contribution in [1.82, 2.24) is 10.2 Å². The molecule has 1 N–H and O–H groups in total. The molecule has 3 rings (SSSR count). The minimum absolute atomic E-state index is 0.000217. The summed E-state index contributed by atoms with van der Waals surface area (Å²) >= 11 is 18.5. The molecular formula is C25H30Cl3N3O4S. The van der Waals surface area contributed by atoms with Crippen LogP contribution >= 0.6 is 34.8 Å². The van der Waals surface area contributed by atoms with Crippen LogP contribution in [0.4, 0.5) is 5.69 Å². The molecule has 7 nitrogen and oxygen atoms in total. The van der Waals surface area contributed by atoms with E-state index in [-0.39, 0.29) is 18.5 Å². The van der Waals surface area contributed by atoms with Gasteiger partial charge in [0.15, 0.2) is 0 Å². The van der Waals surface area contributed by atoms with E-state index in [1.807, 2.05) is 0 Å². The van der Waals surface area contributed by atoms with Crippen molar-refractivity contribution in [3.8, 4) is 0 Å². The molecule has 36 heavy (non-hydrogen) atoms. The number of hydrogen-bond donors (Lipinski definition) is 1. The Balaban J connectivity index is 1.94. The third kappa shape index (κ3) is 7.28. The highest BCUT2D eigenvalue weighted by molar-refractivity contribution is 7.92. The van der Waals surface area contributed by atoms with Gasteiger partial charge in [0.2, 0.25) is 21.8 Å². The maximum atomic E-state index is 13.7. The zero-order valence-corrected chi connectivity index (χ0v) is 23.5. The Hall–Kier alpha value is -2.00. The zero-order valence-electron chi connectivity index (χ0n) is 20.4. The molecule has 0 aliphatic heterocycles. The van der Waals surface area contributed by atoms with Crippen LogP contribution in [0.25, 0.3) is 0 Å². The molecule has 0 heterocycles. The minimum atomic E-state index is -3.85. The van der Waals surface area contributed by atoms with Gasteiger partial charge in [-0.2, -0.15) is 0 Å². The van der Waals surface area contributed by atoms with E-state index in [0.29, 0.717) is 31.9 Å². The molecule has 2 amide bonds. The van der Waals surface area contributed by atoms with Crippen LogP contribution in [0.5, 0.6) is 0 Å². The highest BCUT2D eigenvalue weighted by atomic mass is 35.5. The van der Waals surface area contributed by atoms with Crippen LogP contribution in [0.3, 0.4) is 0 Å². The number of carbonyl (C=O) groups is 2. The Kier molecular flexibility index (Phi) is 9.55. The smallest absolute Gasteiger partial charge is 0.244 e. The number of halogens is 3. The number of benzene rings is 2. The van der Waals surface area contributed by atoms with E-state index in [1.54, 1.807) is 44.2 Å². The normalized spacial score (nSPS) is 14.9. The van der Waals surface area contributed by atoms with Crippen molar-refractivity contribution in [2.75, 3.05) is 17.1 Å². The van der Waals surface area contributed by atoms with Crippen LogP contribution in [0.2, 0.25) is 15.1 Å². The van der Waals surface area contributed by atoms with Gasteiger partial charge in [0.1, 0.15) is 12.6 Å². The SMILES string of the molecule is Cc1ccc(Cl)cc1N(CC(=O)N(Cc1ccc(Cl)cc1Cl)C(C)C(=O)NC1CCCC1)S(C)(=O)=O. The van der Waals surface area contributed by atoms with Crippen LogP contribution < -0.4 is 9.62 Å². The summed E-state index contributed by atoms with van der Waals surface area (Å²) in [6.45, 7) is 2.85. The van der Waals surface area contributed by atoms with Gasteiger partial charge >= 0.3 is 0 Å². The lowest BCUT2D eigenvalue weighted by molar-refractivity contribution is -0.139. The molecule has 1 aliphatic carbocycles. The van der Waals surface area contributed by atoms with Crippen molar-refractivity contribution >= 4 is 62.3 Å². The summed E-state index contributed by atoms with van der Waals surface area (Å²) in [7, 11) is -3.85. The first-order chi connectivity index (χ1) is 16.9. The van der Waals surface area contributed by atoms with E-state index in [1.165, 1.54) is 11.0 Å². The van der Waals surface area contributed by atoms with Gasteiger partial charge in [-0.15, -0.1) is 0 Å². The number of nitrogens with one attached hydrogen (secondary N) is 1. The molecule has 0 radical (unpaired) electrons. The maximum absolute atomic E-state index is 13.7. The van der Waals surface area contributed by atoms with E-state index >= 15 is 0 Å². The summed E-state index contributed by atoms with van der Waals surface area (Å²) in [6.07, 6.45) is 4.91. The van der Waals surface area contributed by atoms with Crippen molar-refractivity contribution in [3.63, 3.8) is 0 Å². The fourth-order valence-electron chi connectivity index (χ4n) is 4.25. The number of carbonyl (C=O) groups excluding carboxylic acids is 2. The lowest BCUT2D eigenvalue weighted by Gasteiger charge is -2.32. The van der Waals surface area contributed by atoms with E-state index in [9.17, 15) is 18.0 Å². The predicted octanol–water partition coefficient (Wildman–Crippen LogP) is 5.20. The molecule has 1 fully saturated rings.